The van der Waals surface area contributed by atoms with Crippen molar-refractivity contribution in [1.29, 1.82) is 0 Å². The summed E-state index contributed by atoms with van der Waals surface area (Å²) in [6.45, 7) is 10.1. The molecule has 1 saturated carbocycles. The summed E-state index contributed by atoms with van der Waals surface area (Å²) >= 11 is 1.39. The Kier molecular flexibility index (Phi) is 10.0. The Hall–Kier alpha value is -2.08. The maximum atomic E-state index is 13.5. The lowest BCUT2D eigenvalue weighted by molar-refractivity contribution is -0.135. The summed E-state index contributed by atoms with van der Waals surface area (Å²) in [5.41, 5.74) is 1.90. The minimum absolute atomic E-state index is 0.0385. The van der Waals surface area contributed by atoms with Crippen LogP contribution in [0, 0.1) is 11.8 Å². The van der Waals surface area contributed by atoms with E-state index in [9.17, 15) is 19.1 Å². The Morgan fingerprint density at radius 1 is 1.12 bits per heavy atom. The van der Waals surface area contributed by atoms with Gasteiger partial charge in [-0.15, -0.1) is 11.8 Å². The molecule has 1 aliphatic heterocycles. The van der Waals surface area contributed by atoms with E-state index >= 15 is 0 Å². The van der Waals surface area contributed by atoms with Gasteiger partial charge in [-0.25, -0.2) is 9.18 Å². The first-order valence-corrected chi connectivity index (χ1v) is 12.6. The zero-order valence-corrected chi connectivity index (χ0v) is 20.7. The van der Waals surface area contributed by atoms with Crippen molar-refractivity contribution in [2.45, 2.75) is 72.8 Å². The summed E-state index contributed by atoms with van der Waals surface area (Å²) in [7, 11) is 0. The Bertz CT molecular complexity index is 858. The molecule has 0 unspecified atom stereocenters. The fourth-order valence-electron chi connectivity index (χ4n) is 4.17. The molecule has 1 fully saturated rings. The monoisotopic (exact) mass is 461 g/mol. The van der Waals surface area contributed by atoms with Crippen LogP contribution >= 0.6 is 11.8 Å². The summed E-state index contributed by atoms with van der Waals surface area (Å²) in [5, 5.41) is 10.4. The zero-order chi connectivity index (χ0) is 23.8. The van der Waals surface area contributed by atoms with Gasteiger partial charge in [-0.3, -0.25) is 4.79 Å². The van der Waals surface area contributed by atoms with Gasteiger partial charge in [-0.1, -0.05) is 32.9 Å². The molecule has 0 saturated heterocycles. The number of carboxylic acids is 1. The molecule has 0 spiro atoms. The second-order valence-electron chi connectivity index (χ2n) is 8.59. The molecule has 1 amide bonds. The molecule has 3 aliphatic rings. The van der Waals surface area contributed by atoms with Crippen LogP contribution in [0.3, 0.4) is 0 Å². The number of carbonyl (C=O) groups is 2. The van der Waals surface area contributed by atoms with Gasteiger partial charge >= 0.3 is 5.97 Å². The topological polar surface area (TPSA) is 57.6 Å². The SMILES string of the molecule is CC.CC1CCC(C(=O)N(C2=C(C(=O)O)C=C(C3=CC=C(F)C=CC3)CS2)C(C)C)CC1. The number of nitrogens with zero attached hydrogens (tertiary/aromatic N) is 1. The molecule has 2 aliphatic carbocycles. The second kappa shape index (κ2) is 12.2. The third-order valence-electron chi connectivity index (χ3n) is 5.95. The minimum Gasteiger partial charge on any atom is -0.478 e. The Labute approximate surface area is 196 Å². The number of hydrogen-bond acceptors (Lipinski definition) is 3. The first-order valence-electron chi connectivity index (χ1n) is 11.6. The number of allylic oxidation sites excluding steroid dienone is 6. The summed E-state index contributed by atoms with van der Waals surface area (Å²) in [6.07, 6.45) is 12.3. The molecule has 1 N–H and O–H groups in total. The molecule has 4 nitrogen and oxygen atoms in total. The van der Waals surface area contributed by atoms with E-state index in [4.69, 9.17) is 0 Å². The number of halogens is 1. The van der Waals surface area contributed by atoms with Crippen LogP contribution in [0.25, 0.3) is 0 Å². The summed E-state index contributed by atoms with van der Waals surface area (Å²) in [6, 6.07) is -0.124. The first-order chi connectivity index (χ1) is 15.3. The highest BCUT2D eigenvalue weighted by atomic mass is 32.2. The summed E-state index contributed by atoms with van der Waals surface area (Å²) in [5.74, 6) is -0.166. The predicted octanol–water partition coefficient (Wildman–Crippen LogP) is 6.79. The van der Waals surface area contributed by atoms with Crippen LogP contribution in [0.15, 0.2) is 58.0 Å². The largest absolute Gasteiger partial charge is 0.478 e. The smallest absolute Gasteiger partial charge is 0.338 e. The fourth-order valence-corrected chi connectivity index (χ4v) is 5.48. The van der Waals surface area contributed by atoms with E-state index in [1.807, 2.05) is 27.7 Å². The first kappa shape index (κ1) is 26.2. The van der Waals surface area contributed by atoms with Gasteiger partial charge in [0.05, 0.1) is 10.6 Å². The standard InChI is InChI=1S/C24H30FNO3S.C2H6/c1-15(2)26(22(27)18-9-7-16(3)8-10-18)23-21(24(28)29)13-19(14-30-23)17-5-4-6-20(25)12-11-17;1-2/h4,6,11-13,15-16,18H,5,7-10,14H2,1-3H3,(H,28,29);1-2H3. The number of thioether (sulfide) groups is 1. The Morgan fingerprint density at radius 3 is 2.38 bits per heavy atom. The van der Waals surface area contributed by atoms with E-state index in [-0.39, 0.29) is 29.3 Å². The van der Waals surface area contributed by atoms with Crippen molar-refractivity contribution in [3.05, 3.63) is 58.0 Å². The maximum absolute atomic E-state index is 13.5. The Balaban J connectivity index is 0.00000176. The van der Waals surface area contributed by atoms with E-state index in [0.717, 1.165) is 36.8 Å². The average Bonchev–Trinajstić information content (AvgIpc) is 3.00. The third-order valence-corrected chi connectivity index (χ3v) is 7.10. The minimum atomic E-state index is -1.04. The van der Waals surface area contributed by atoms with Crippen molar-refractivity contribution >= 4 is 23.6 Å². The fraction of sp³-hybridized carbons (Fsp3) is 0.538. The molecular weight excluding hydrogens is 425 g/mol. The lowest BCUT2D eigenvalue weighted by atomic mass is 9.82. The molecule has 3 rings (SSSR count). The van der Waals surface area contributed by atoms with Gasteiger partial charge in [0, 0.05) is 17.7 Å². The Morgan fingerprint density at radius 2 is 1.78 bits per heavy atom. The lowest BCUT2D eigenvalue weighted by Gasteiger charge is -2.36. The molecular formula is C26H36FNO3S. The van der Waals surface area contributed by atoms with Crippen LogP contribution in [-0.4, -0.2) is 33.7 Å². The van der Waals surface area contributed by atoms with Crippen LogP contribution in [0.5, 0.6) is 0 Å². The van der Waals surface area contributed by atoms with Crippen molar-refractivity contribution in [2.24, 2.45) is 11.8 Å². The van der Waals surface area contributed by atoms with Crippen LogP contribution in [-0.2, 0) is 9.59 Å². The number of carboxylic acid groups (broad SMARTS) is 1. The van der Waals surface area contributed by atoms with Crippen LogP contribution in [0.2, 0.25) is 0 Å². The predicted molar refractivity (Wildman–Crippen MR) is 131 cm³/mol. The normalized spacial score (nSPS) is 23.4. The van der Waals surface area contributed by atoms with Crippen molar-refractivity contribution < 1.29 is 19.1 Å². The van der Waals surface area contributed by atoms with Gasteiger partial charge in [0.1, 0.15) is 5.83 Å². The molecule has 0 aromatic carbocycles. The zero-order valence-electron chi connectivity index (χ0n) is 19.9. The third kappa shape index (κ3) is 6.47. The van der Waals surface area contributed by atoms with Gasteiger partial charge < -0.3 is 10.0 Å². The van der Waals surface area contributed by atoms with E-state index < -0.39 is 5.97 Å². The number of carbonyl (C=O) groups excluding carboxylic acids is 1. The van der Waals surface area contributed by atoms with E-state index in [2.05, 4.69) is 6.92 Å². The number of aliphatic carboxylic acids is 1. The van der Waals surface area contributed by atoms with Crippen molar-refractivity contribution in [2.75, 3.05) is 5.75 Å². The molecule has 0 bridgehead atoms. The maximum Gasteiger partial charge on any atom is 0.338 e. The molecule has 0 aromatic rings. The summed E-state index contributed by atoms with van der Waals surface area (Å²) in [4.78, 5) is 27.2. The van der Waals surface area contributed by atoms with Gasteiger partial charge in [0.25, 0.3) is 0 Å². The van der Waals surface area contributed by atoms with E-state index in [1.54, 1.807) is 23.1 Å². The highest BCUT2D eigenvalue weighted by Gasteiger charge is 2.34. The molecule has 0 aromatic heterocycles. The van der Waals surface area contributed by atoms with Gasteiger partial charge in [0.2, 0.25) is 5.91 Å². The average molecular weight is 462 g/mol. The summed E-state index contributed by atoms with van der Waals surface area (Å²) < 4.78 is 13.5. The van der Waals surface area contributed by atoms with Crippen LogP contribution in [0.1, 0.15) is 66.7 Å². The van der Waals surface area contributed by atoms with Crippen LogP contribution < -0.4 is 0 Å². The molecule has 0 radical (unpaired) electrons. The molecule has 0 atom stereocenters. The van der Waals surface area contributed by atoms with Crippen molar-refractivity contribution in [3.8, 4) is 0 Å². The van der Waals surface area contributed by atoms with Gasteiger partial charge in [-0.05, 0) is 81.2 Å². The molecule has 6 heteroatoms. The second-order valence-corrected chi connectivity index (χ2v) is 9.56. The van der Waals surface area contributed by atoms with E-state index in [1.165, 1.54) is 23.9 Å². The van der Waals surface area contributed by atoms with Gasteiger partial charge in [-0.2, -0.15) is 0 Å². The molecule has 176 valence electrons. The molecule has 32 heavy (non-hydrogen) atoms. The highest BCUT2D eigenvalue weighted by Crippen LogP contribution is 2.39. The number of hydrogen-bond donors (Lipinski definition) is 1. The van der Waals surface area contributed by atoms with Crippen molar-refractivity contribution in [1.82, 2.24) is 4.90 Å². The molecule has 1 heterocycles. The van der Waals surface area contributed by atoms with Crippen LogP contribution in [0.4, 0.5) is 4.39 Å². The number of amides is 1. The lowest BCUT2D eigenvalue weighted by Crippen LogP contribution is -2.42. The van der Waals surface area contributed by atoms with E-state index in [0.29, 0.717) is 23.1 Å². The van der Waals surface area contributed by atoms with Crippen molar-refractivity contribution in [3.63, 3.8) is 0 Å². The highest BCUT2D eigenvalue weighted by molar-refractivity contribution is 8.03. The number of rotatable bonds is 5. The van der Waals surface area contributed by atoms with Gasteiger partial charge in [0.15, 0.2) is 0 Å². The quantitative estimate of drug-likeness (QED) is 0.490.